The molecule has 5 nitrogen and oxygen atoms in total. The fraction of sp³-hybridized carbons (Fsp3) is 0.242. The summed E-state index contributed by atoms with van der Waals surface area (Å²) in [5.41, 5.74) is 6.99. The van der Waals surface area contributed by atoms with Gasteiger partial charge in [-0.15, -0.1) is 0 Å². The average Bonchev–Trinajstić information content (AvgIpc) is 3.51. The monoisotopic (exact) mass is 520 g/mol. The van der Waals surface area contributed by atoms with Crippen LogP contribution >= 0.6 is 0 Å². The minimum Gasteiger partial charge on any atom is -0.448 e. The third kappa shape index (κ3) is 4.60. The van der Waals surface area contributed by atoms with Crippen molar-refractivity contribution in [2.45, 2.75) is 31.6 Å². The Morgan fingerprint density at radius 1 is 0.974 bits per heavy atom. The van der Waals surface area contributed by atoms with Crippen LogP contribution < -0.4 is 0 Å². The topological polar surface area (TPSA) is 59.5 Å². The van der Waals surface area contributed by atoms with Crippen LogP contribution in [0.3, 0.4) is 0 Å². The summed E-state index contributed by atoms with van der Waals surface area (Å²) in [5, 5.41) is 0. The van der Waals surface area contributed by atoms with Gasteiger partial charge in [-0.05, 0) is 70.6 Å². The molecule has 0 bridgehead atoms. The molecule has 1 aromatic heterocycles. The molecule has 39 heavy (non-hydrogen) atoms. The second-order valence-electron chi connectivity index (χ2n) is 10.7. The van der Waals surface area contributed by atoms with Crippen LogP contribution in [-0.2, 0) is 10.2 Å². The van der Waals surface area contributed by atoms with Crippen molar-refractivity contribution in [2.75, 3.05) is 19.7 Å². The minimum atomic E-state index is -0.381. The van der Waals surface area contributed by atoms with Gasteiger partial charge in [0.15, 0.2) is 5.78 Å². The number of carbonyl (C=O) groups is 2. The summed E-state index contributed by atoms with van der Waals surface area (Å²) in [6, 6.07) is 26.4. The summed E-state index contributed by atoms with van der Waals surface area (Å²) in [6.07, 6.45) is 0.390. The van der Waals surface area contributed by atoms with E-state index in [1.807, 2.05) is 36.4 Å². The lowest BCUT2D eigenvalue weighted by Crippen LogP contribution is -2.34. The smallest absolute Gasteiger partial charge is 0.409 e. The number of aromatic nitrogens is 1. The molecule has 6 heteroatoms. The Bertz CT molecular complexity index is 1540. The van der Waals surface area contributed by atoms with Crippen LogP contribution in [0, 0.1) is 5.82 Å². The molecule has 196 valence electrons. The van der Waals surface area contributed by atoms with Gasteiger partial charge in [0, 0.05) is 36.9 Å². The normalized spacial score (nSPS) is 18.1. The average molecular weight is 521 g/mol. The van der Waals surface area contributed by atoms with E-state index in [9.17, 15) is 14.0 Å². The summed E-state index contributed by atoms with van der Waals surface area (Å²) in [6.45, 7) is 4.88. The molecule has 1 atom stereocenters. The first kappa shape index (κ1) is 25.0. The SMILES string of the molecule is CC(=O)c1cc(C2(C)CCN(C(=O)OCC3c4ccccc4-c4ccccc43)C2)cc(-c2ccc(F)cc2)n1. The summed E-state index contributed by atoms with van der Waals surface area (Å²) in [4.78, 5) is 31.8. The number of fused-ring (bicyclic) bond motifs is 3. The fourth-order valence-corrected chi connectivity index (χ4v) is 5.87. The number of halogens is 1. The van der Waals surface area contributed by atoms with E-state index >= 15 is 0 Å². The van der Waals surface area contributed by atoms with E-state index in [4.69, 9.17) is 4.74 Å². The maximum Gasteiger partial charge on any atom is 0.409 e. The first-order valence-corrected chi connectivity index (χ1v) is 13.2. The van der Waals surface area contributed by atoms with Crippen LogP contribution in [0.1, 0.15) is 53.4 Å². The van der Waals surface area contributed by atoms with Gasteiger partial charge in [-0.3, -0.25) is 4.79 Å². The van der Waals surface area contributed by atoms with Crippen molar-refractivity contribution in [1.29, 1.82) is 0 Å². The standard InChI is InChI=1S/C33H29FN2O3/c1-21(37)30-17-23(18-31(35-30)22-11-13-24(34)14-12-22)33(2)15-16-36(20-33)32(38)39-19-29-27-9-5-3-7-25(27)26-8-4-6-10-28(26)29/h3-14,17-18,29H,15-16,19-20H2,1-2H3. The quantitative estimate of drug-likeness (QED) is 0.266. The maximum atomic E-state index is 13.5. The Morgan fingerprint density at radius 3 is 2.26 bits per heavy atom. The van der Waals surface area contributed by atoms with Gasteiger partial charge >= 0.3 is 6.09 Å². The highest BCUT2D eigenvalue weighted by atomic mass is 19.1. The molecule has 2 heterocycles. The maximum absolute atomic E-state index is 13.5. The van der Waals surface area contributed by atoms with Gasteiger partial charge in [0.1, 0.15) is 18.1 Å². The van der Waals surface area contributed by atoms with E-state index in [1.165, 1.54) is 41.3 Å². The molecule has 1 aliphatic heterocycles. The molecule has 1 amide bonds. The summed E-state index contributed by atoms with van der Waals surface area (Å²) in [7, 11) is 0. The number of hydrogen-bond acceptors (Lipinski definition) is 4. The molecule has 0 saturated carbocycles. The minimum absolute atomic E-state index is 0.00641. The molecular formula is C33H29FN2O3. The number of hydrogen-bond donors (Lipinski definition) is 0. The van der Waals surface area contributed by atoms with Crippen LogP contribution in [0.5, 0.6) is 0 Å². The third-order valence-electron chi connectivity index (χ3n) is 8.09. The molecule has 6 rings (SSSR count). The van der Waals surface area contributed by atoms with Gasteiger partial charge in [0.2, 0.25) is 0 Å². The predicted molar refractivity (Wildman–Crippen MR) is 148 cm³/mol. The van der Waals surface area contributed by atoms with Crippen molar-refractivity contribution in [3.63, 3.8) is 0 Å². The largest absolute Gasteiger partial charge is 0.448 e. The number of ketones is 1. The van der Waals surface area contributed by atoms with E-state index in [0.717, 1.165) is 17.5 Å². The Hall–Kier alpha value is -4.32. The number of amides is 1. The molecule has 1 saturated heterocycles. The van der Waals surface area contributed by atoms with Gasteiger partial charge < -0.3 is 9.64 Å². The number of benzene rings is 3. The Kier molecular flexibility index (Phi) is 6.26. The van der Waals surface area contributed by atoms with Crippen molar-refractivity contribution >= 4 is 11.9 Å². The molecule has 1 unspecified atom stereocenters. The van der Waals surface area contributed by atoms with Gasteiger partial charge in [0.05, 0.1) is 5.69 Å². The first-order chi connectivity index (χ1) is 18.8. The Labute approximate surface area is 227 Å². The number of likely N-dealkylation sites (tertiary alicyclic amines) is 1. The highest BCUT2D eigenvalue weighted by Crippen LogP contribution is 2.44. The van der Waals surface area contributed by atoms with Crippen molar-refractivity contribution in [1.82, 2.24) is 9.88 Å². The van der Waals surface area contributed by atoms with E-state index in [0.29, 0.717) is 24.5 Å². The second kappa shape index (κ2) is 9.77. The van der Waals surface area contributed by atoms with Crippen molar-refractivity contribution in [2.24, 2.45) is 0 Å². The molecule has 2 aliphatic rings. The van der Waals surface area contributed by atoms with Crippen molar-refractivity contribution in [3.05, 3.63) is 113 Å². The molecule has 0 spiro atoms. The summed E-state index contributed by atoms with van der Waals surface area (Å²) < 4.78 is 19.4. The number of Topliss-reactive ketones (excluding diaryl/α,β-unsaturated/α-hetero) is 1. The zero-order chi connectivity index (χ0) is 27.1. The molecule has 3 aromatic carbocycles. The first-order valence-electron chi connectivity index (χ1n) is 13.2. The highest BCUT2D eigenvalue weighted by Gasteiger charge is 2.39. The molecular weight excluding hydrogens is 491 g/mol. The molecule has 4 aromatic rings. The lowest BCUT2D eigenvalue weighted by molar-refractivity contribution is 0.101. The van der Waals surface area contributed by atoms with E-state index in [-0.39, 0.29) is 35.6 Å². The van der Waals surface area contributed by atoms with E-state index in [2.05, 4.69) is 36.2 Å². The van der Waals surface area contributed by atoms with E-state index < -0.39 is 0 Å². The zero-order valence-electron chi connectivity index (χ0n) is 22.0. The number of ether oxygens (including phenoxy) is 1. The van der Waals surface area contributed by atoms with Gasteiger partial charge in [-0.25, -0.2) is 14.2 Å². The van der Waals surface area contributed by atoms with Crippen LogP contribution in [0.2, 0.25) is 0 Å². The van der Waals surface area contributed by atoms with Gasteiger partial charge in [0.25, 0.3) is 0 Å². The third-order valence-corrected chi connectivity index (χ3v) is 8.09. The van der Waals surface area contributed by atoms with Gasteiger partial charge in [-0.1, -0.05) is 55.5 Å². The lowest BCUT2D eigenvalue weighted by atomic mass is 9.81. The summed E-state index contributed by atoms with van der Waals surface area (Å²) in [5.74, 6) is -0.467. The number of nitrogens with zero attached hydrogens (tertiary/aromatic N) is 2. The zero-order valence-corrected chi connectivity index (χ0v) is 22.0. The van der Waals surface area contributed by atoms with Crippen LogP contribution in [0.25, 0.3) is 22.4 Å². The van der Waals surface area contributed by atoms with Crippen molar-refractivity contribution < 1.29 is 18.7 Å². The molecule has 0 radical (unpaired) electrons. The second-order valence-corrected chi connectivity index (χ2v) is 10.7. The number of carbonyl (C=O) groups excluding carboxylic acids is 2. The predicted octanol–water partition coefficient (Wildman–Crippen LogP) is 7.00. The lowest BCUT2D eigenvalue weighted by Gasteiger charge is -2.26. The summed E-state index contributed by atoms with van der Waals surface area (Å²) >= 11 is 0. The van der Waals surface area contributed by atoms with Crippen LogP contribution in [0.4, 0.5) is 9.18 Å². The molecule has 1 fully saturated rings. The number of rotatable bonds is 5. The van der Waals surface area contributed by atoms with E-state index in [1.54, 1.807) is 17.0 Å². The highest BCUT2D eigenvalue weighted by molar-refractivity contribution is 5.93. The fourth-order valence-electron chi connectivity index (χ4n) is 5.87. The molecule has 1 aliphatic carbocycles. The van der Waals surface area contributed by atoms with Gasteiger partial charge in [-0.2, -0.15) is 0 Å². The Morgan fingerprint density at radius 2 is 1.62 bits per heavy atom. The van der Waals surface area contributed by atoms with Crippen LogP contribution in [-0.4, -0.2) is 41.5 Å². The molecule has 0 N–H and O–H groups in total. The van der Waals surface area contributed by atoms with Crippen LogP contribution in [0.15, 0.2) is 84.9 Å². The Balaban J connectivity index is 1.20. The van der Waals surface area contributed by atoms with Crippen molar-refractivity contribution in [3.8, 4) is 22.4 Å². The number of pyridine rings is 1.